The number of aromatic amines is 1. The zero-order valence-electron chi connectivity index (χ0n) is 9.31. The van der Waals surface area contributed by atoms with Gasteiger partial charge in [0.25, 0.3) is 0 Å². The largest absolute Gasteiger partial charge is 0.384 e. The summed E-state index contributed by atoms with van der Waals surface area (Å²) in [4.78, 5) is 16.0. The third kappa shape index (κ3) is 1.71. The molecule has 0 aliphatic heterocycles. The first kappa shape index (κ1) is 9.77. The lowest BCUT2D eigenvalue weighted by molar-refractivity contribution is 1.22. The molecule has 0 atom stereocenters. The fourth-order valence-corrected chi connectivity index (χ4v) is 1.72. The van der Waals surface area contributed by atoms with Gasteiger partial charge in [-0.15, -0.1) is 0 Å². The third-order valence-corrected chi connectivity index (χ3v) is 2.54. The number of anilines is 1. The van der Waals surface area contributed by atoms with E-state index in [1.54, 1.807) is 12.3 Å². The van der Waals surface area contributed by atoms with Crippen LogP contribution in [-0.2, 0) is 0 Å². The van der Waals surface area contributed by atoms with Crippen molar-refractivity contribution in [2.24, 2.45) is 0 Å². The van der Waals surface area contributed by atoms with Gasteiger partial charge in [0.15, 0.2) is 5.65 Å². The van der Waals surface area contributed by atoms with E-state index in [2.05, 4.69) is 19.9 Å². The van der Waals surface area contributed by atoms with Crippen LogP contribution in [0.5, 0.6) is 0 Å². The molecule has 0 spiro atoms. The molecule has 5 nitrogen and oxygen atoms in total. The molecule has 0 unspecified atom stereocenters. The molecule has 3 N–H and O–H groups in total. The molecule has 3 aromatic heterocycles. The van der Waals surface area contributed by atoms with E-state index in [1.807, 2.05) is 25.1 Å². The summed E-state index contributed by atoms with van der Waals surface area (Å²) >= 11 is 0. The summed E-state index contributed by atoms with van der Waals surface area (Å²) in [6.45, 7) is 1.94. The molecule has 84 valence electrons. The van der Waals surface area contributed by atoms with Crippen LogP contribution in [-0.4, -0.2) is 19.9 Å². The minimum absolute atomic E-state index is 0.479. The summed E-state index contributed by atoms with van der Waals surface area (Å²) in [6, 6.07) is 7.56. The Kier molecular flexibility index (Phi) is 2.04. The van der Waals surface area contributed by atoms with Gasteiger partial charge in [0.1, 0.15) is 11.6 Å². The van der Waals surface area contributed by atoms with Crippen molar-refractivity contribution in [1.82, 2.24) is 19.9 Å². The molecule has 0 radical (unpaired) electrons. The van der Waals surface area contributed by atoms with Crippen LogP contribution in [0.15, 0.2) is 30.5 Å². The topological polar surface area (TPSA) is 80.5 Å². The Morgan fingerprint density at radius 2 is 2.06 bits per heavy atom. The van der Waals surface area contributed by atoms with Crippen molar-refractivity contribution in [2.75, 3.05) is 5.73 Å². The molecule has 0 aliphatic carbocycles. The van der Waals surface area contributed by atoms with Crippen LogP contribution < -0.4 is 5.73 Å². The molecule has 0 bridgehead atoms. The van der Waals surface area contributed by atoms with E-state index in [1.165, 1.54) is 0 Å². The highest BCUT2D eigenvalue weighted by Gasteiger charge is 2.06. The molecule has 17 heavy (non-hydrogen) atoms. The Labute approximate surface area is 97.7 Å². The summed E-state index contributed by atoms with van der Waals surface area (Å²) in [7, 11) is 0. The molecule has 3 rings (SSSR count). The van der Waals surface area contributed by atoms with Gasteiger partial charge in [-0.3, -0.25) is 0 Å². The van der Waals surface area contributed by atoms with E-state index < -0.39 is 0 Å². The standard InChI is InChI=1S/C12H11N5/c1-7-2-3-9-12(15-7)17-11(16-9)8-4-5-14-10(13)6-8/h2-6H,1H3,(H2,13,14)(H,15,16,17). The van der Waals surface area contributed by atoms with E-state index in [0.717, 1.165) is 28.2 Å². The predicted molar refractivity (Wildman–Crippen MR) is 66.3 cm³/mol. The fraction of sp³-hybridized carbons (Fsp3) is 0.0833. The van der Waals surface area contributed by atoms with Gasteiger partial charge in [-0.25, -0.2) is 15.0 Å². The van der Waals surface area contributed by atoms with E-state index in [0.29, 0.717) is 5.82 Å². The highest BCUT2D eigenvalue weighted by Crippen LogP contribution is 2.20. The average molecular weight is 225 g/mol. The van der Waals surface area contributed by atoms with Gasteiger partial charge >= 0.3 is 0 Å². The Bertz CT molecular complexity index is 686. The molecule has 0 saturated carbocycles. The Hall–Kier alpha value is -2.43. The van der Waals surface area contributed by atoms with Crippen LogP contribution in [0.1, 0.15) is 5.69 Å². The molecule has 3 aromatic rings. The van der Waals surface area contributed by atoms with Crippen molar-refractivity contribution in [3.63, 3.8) is 0 Å². The number of hydrogen-bond acceptors (Lipinski definition) is 4. The second-order valence-electron chi connectivity index (χ2n) is 3.88. The molecule has 0 aromatic carbocycles. The average Bonchev–Trinajstić information content (AvgIpc) is 2.72. The van der Waals surface area contributed by atoms with Crippen molar-refractivity contribution in [1.29, 1.82) is 0 Å². The summed E-state index contributed by atoms with van der Waals surface area (Å²) < 4.78 is 0. The first-order valence-corrected chi connectivity index (χ1v) is 5.27. The normalized spacial score (nSPS) is 10.9. The smallest absolute Gasteiger partial charge is 0.178 e. The number of H-pyrrole nitrogens is 1. The second kappa shape index (κ2) is 3.55. The monoisotopic (exact) mass is 225 g/mol. The minimum atomic E-state index is 0.479. The lowest BCUT2D eigenvalue weighted by Crippen LogP contribution is -1.90. The number of fused-ring (bicyclic) bond motifs is 1. The zero-order valence-corrected chi connectivity index (χ0v) is 9.31. The third-order valence-electron chi connectivity index (χ3n) is 2.54. The molecule has 0 saturated heterocycles. The molecule has 0 fully saturated rings. The maximum atomic E-state index is 5.65. The van der Waals surface area contributed by atoms with Crippen molar-refractivity contribution < 1.29 is 0 Å². The highest BCUT2D eigenvalue weighted by atomic mass is 15.0. The number of nitrogens with two attached hydrogens (primary N) is 1. The summed E-state index contributed by atoms with van der Waals surface area (Å²) in [5.41, 5.74) is 9.14. The number of rotatable bonds is 1. The van der Waals surface area contributed by atoms with E-state index in [4.69, 9.17) is 5.73 Å². The SMILES string of the molecule is Cc1ccc2[nH]c(-c3ccnc(N)c3)nc2n1. The number of aromatic nitrogens is 4. The zero-order chi connectivity index (χ0) is 11.8. The number of nitrogens with zero attached hydrogens (tertiary/aromatic N) is 3. The number of nitrogen functional groups attached to an aromatic ring is 1. The van der Waals surface area contributed by atoms with Crippen LogP contribution in [0.3, 0.4) is 0 Å². The first-order chi connectivity index (χ1) is 8.22. The summed E-state index contributed by atoms with van der Waals surface area (Å²) in [6.07, 6.45) is 1.66. The maximum Gasteiger partial charge on any atom is 0.178 e. The molecule has 3 heterocycles. The molecular weight excluding hydrogens is 214 g/mol. The molecular formula is C12H11N5. The highest BCUT2D eigenvalue weighted by molar-refractivity contribution is 5.76. The number of aryl methyl sites for hydroxylation is 1. The van der Waals surface area contributed by atoms with Crippen molar-refractivity contribution in [3.05, 3.63) is 36.2 Å². The number of pyridine rings is 2. The van der Waals surface area contributed by atoms with Crippen LogP contribution in [0.25, 0.3) is 22.6 Å². The Morgan fingerprint density at radius 3 is 2.88 bits per heavy atom. The summed E-state index contributed by atoms with van der Waals surface area (Å²) in [5.74, 6) is 1.24. The van der Waals surface area contributed by atoms with Gasteiger partial charge in [0.2, 0.25) is 0 Å². The van der Waals surface area contributed by atoms with E-state index in [-0.39, 0.29) is 0 Å². The number of nitrogens with one attached hydrogen (secondary N) is 1. The molecule has 5 heteroatoms. The van der Waals surface area contributed by atoms with Crippen molar-refractivity contribution in [3.8, 4) is 11.4 Å². The van der Waals surface area contributed by atoms with Crippen LogP contribution in [0.2, 0.25) is 0 Å². The van der Waals surface area contributed by atoms with E-state index in [9.17, 15) is 0 Å². The van der Waals surface area contributed by atoms with Crippen LogP contribution >= 0.6 is 0 Å². The van der Waals surface area contributed by atoms with Crippen molar-refractivity contribution in [2.45, 2.75) is 6.92 Å². The van der Waals surface area contributed by atoms with Gasteiger partial charge in [-0.1, -0.05) is 0 Å². The Morgan fingerprint density at radius 1 is 1.18 bits per heavy atom. The van der Waals surface area contributed by atoms with Crippen LogP contribution in [0, 0.1) is 6.92 Å². The first-order valence-electron chi connectivity index (χ1n) is 5.27. The fourth-order valence-electron chi connectivity index (χ4n) is 1.72. The summed E-state index contributed by atoms with van der Waals surface area (Å²) in [5, 5.41) is 0. The lowest BCUT2D eigenvalue weighted by atomic mass is 10.2. The Balaban J connectivity index is 2.18. The maximum absolute atomic E-state index is 5.65. The molecule has 0 amide bonds. The lowest BCUT2D eigenvalue weighted by Gasteiger charge is -1.96. The second-order valence-corrected chi connectivity index (χ2v) is 3.88. The quantitative estimate of drug-likeness (QED) is 0.663. The van der Waals surface area contributed by atoms with Gasteiger partial charge in [-0.2, -0.15) is 0 Å². The van der Waals surface area contributed by atoms with Gasteiger partial charge < -0.3 is 10.7 Å². The van der Waals surface area contributed by atoms with E-state index >= 15 is 0 Å². The predicted octanol–water partition coefficient (Wildman–Crippen LogP) is 1.91. The number of imidazole rings is 1. The van der Waals surface area contributed by atoms with Gasteiger partial charge in [-0.05, 0) is 31.2 Å². The number of hydrogen-bond donors (Lipinski definition) is 2. The van der Waals surface area contributed by atoms with Gasteiger partial charge in [0.05, 0.1) is 5.52 Å². The minimum Gasteiger partial charge on any atom is -0.384 e. The van der Waals surface area contributed by atoms with Gasteiger partial charge in [0, 0.05) is 17.5 Å². The molecule has 0 aliphatic rings. The van der Waals surface area contributed by atoms with Crippen LogP contribution in [0.4, 0.5) is 5.82 Å². The van der Waals surface area contributed by atoms with Crippen molar-refractivity contribution >= 4 is 17.0 Å².